The fourth-order valence-corrected chi connectivity index (χ4v) is 1.81. The predicted octanol–water partition coefficient (Wildman–Crippen LogP) is 2.25. The number of carbonyl (C=O) groups is 1. The molecule has 0 spiro atoms. The second-order valence-corrected chi connectivity index (χ2v) is 5.14. The molecule has 1 aromatic carbocycles. The summed E-state index contributed by atoms with van der Waals surface area (Å²) in [5.41, 5.74) is 1.27. The topological polar surface area (TPSA) is 73.4 Å². The fraction of sp³-hybridized carbons (Fsp3) is 0.267. The van der Waals surface area contributed by atoms with Crippen molar-refractivity contribution in [1.29, 1.82) is 0 Å². The van der Waals surface area contributed by atoms with E-state index in [2.05, 4.69) is 20.6 Å². The van der Waals surface area contributed by atoms with Gasteiger partial charge in [0.05, 0.1) is 6.20 Å². The molecule has 7 heteroatoms. The van der Waals surface area contributed by atoms with Crippen LogP contribution in [-0.2, 0) is 0 Å². The molecule has 2 aromatic rings. The van der Waals surface area contributed by atoms with Crippen LogP contribution in [0, 0.1) is 0 Å². The molecule has 0 radical (unpaired) electrons. The van der Waals surface area contributed by atoms with Crippen molar-refractivity contribution in [2.75, 3.05) is 48.6 Å². The van der Waals surface area contributed by atoms with Crippen molar-refractivity contribution in [3.05, 3.63) is 36.5 Å². The Morgan fingerprint density at radius 3 is 2.27 bits per heavy atom. The monoisotopic (exact) mass is 300 g/mol. The number of amides is 2. The van der Waals surface area contributed by atoms with Crippen LogP contribution in [0.5, 0.6) is 0 Å². The fourth-order valence-electron chi connectivity index (χ4n) is 1.81. The second-order valence-electron chi connectivity index (χ2n) is 5.14. The molecule has 7 nitrogen and oxygen atoms in total. The second kappa shape index (κ2) is 6.75. The summed E-state index contributed by atoms with van der Waals surface area (Å²) in [5.74, 6) is 1.22. The summed E-state index contributed by atoms with van der Waals surface area (Å²) < 4.78 is 0. The predicted molar refractivity (Wildman–Crippen MR) is 89.8 cm³/mol. The van der Waals surface area contributed by atoms with E-state index < -0.39 is 0 Å². The van der Waals surface area contributed by atoms with E-state index in [4.69, 9.17) is 0 Å². The van der Waals surface area contributed by atoms with Gasteiger partial charge in [-0.3, -0.25) is 0 Å². The van der Waals surface area contributed by atoms with Gasteiger partial charge in [-0.15, -0.1) is 0 Å². The Morgan fingerprint density at radius 2 is 1.68 bits per heavy atom. The lowest BCUT2D eigenvalue weighted by molar-refractivity contribution is 0.262. The number of urea groups is 1. The minimum Gasteiger partial charge on any atom is -0.361 e. The van der Waals surface area contributed by atoms with Gasteiger partial charge in [-0.1, -0.05) is 18.2 Å². The normalized spacial score (nSPS) is 10.0. The first-order chi connectivity index (χ1) is 10.5. The van der Waals surface area contributed by atoms with Crippen LogP contribution >= 0.6 is 0 Å². The van der Waals surface area contributed by atoms with Crippen LogP contribution in [0.25, 0.3) is 0 Å². The Morgan fingerprint density at radius 1 is 1.00 bits per heavy atom. The maximum atomic E-state index is 12.1. The summed E-state index contributed by atoms with van der Waals surface area (Å²) in [6.07, 6.45) is 1.60. The summed E-state index contributed by atoms with van der Waals surface area (Å²) in [5, 5.41) is 5.53. The highest BCUT2D eigenvalue weighted by atomic mass is 16.2. The van der Waals surface area contributed by atoms with E-state index in [0.29, 0.717) is 17.5 Å². The van der Waals surface area contributed by atoms with E-state index in [0.717, 1.165) is 5.69 Å². The maximum Gasteiger partial charge on any atom is 0.323 e. The highest BCUT2D eigenvalue weighted by Gasteiger charge is 2.13. The standard InChI is InChI=1S/C15H20N6O/c1-20(2)13-12(10-16-14(19-13)21(3)4)18-15(22)17-11-8-6-5-7-9-11/h5-10H,1-4H3,(H2,17,18,22). The molecule has 1 aromatic heterocycles. The largest absolute Gasteiger partial charge is 0.361 e. The van der Waals surface area contributed by atoms with Gasteiger partial charge in [-0.25, -0.2) is 9.78 Å². The Hall–Kier alpha value is -2.83. The Labute approximate surface area is 130 Å². The van der Waals surface area contributed by atoms with Crippen LogP contribution in [0.3, 0.4) is 0 Å². The van der Waals surface area contributed by atoms with Gasteiger partial charge in [0.25, 0.3) is 0 Å². The third-order valence-electron chi connectivity index (χ3n) is 2.86. The van der Waals surface area contributed by atoms with Crippen molar-refractivity contribution in [3.8, 4) is 0 Å². The highest BCUT2D eigenvalue weighted by molar-refractivity contribution is 6.01. The molecule has 2 amide bonds. The molecule has 22 heavy (non-hydrogen) atoms. The smallest absolute Gasteiger partial charge is 0.323 e. The Bertz CT molecular complexity index is 642. The average Bonchev–Trinajstić information content (AvgIpc) is 2.48. The van der Waals surface area contributed by atoms with Gasteiger partial charge in [0, 0.05) is 33.9 Å². The lowest BCUT2D eigenvalue weighted by Gasteiger charge is -2.19. The quantitative estimate of drug-likeness (QED) is 0.906. The minimum atomic E-state index is -0.337. The average molecular weight is 300 g/mol. The van der Waals surface area contributed by atoms with Crippen LogP contribution in [0.1, 0.15) is 0 Å². The lowest BCUT2D eigenvalue weighted by Crippen LogP contribution is -2.23. The van der Waals surface area contributed by atoms with Crippen LogP contribution in [0.2, 0.25) is 0 Å². The molecule has 0 aliphatic heterocycles. The van der Waals surface area contributed by atoms with Gasteiger partial charge in [0.1, 0.15) is 5.69 Å². The summed E-state index contributed by atoms with van der Waals surface area (Å²) in [7, 11) is 7.46. The molecule has 0 aliphatic carbocycles. The third-order valence-corrected chi connectivity index (χ3v) is 2.86. The van der Waals surface area contributed by atoms with Crippen molar-refractivity contribution in [1.82, 2.24) is 9.97 Å². The Kier molecular flexibility index (Phi) is 4.77. The number of para-hydroxylation sites is 1. The van der Waals surface area contributed by atoms with Crippen LogP contribution in [0.4, 0.5) is 27.9 Å². The van der Waals surface area contributed by atoms with Gasteiger partial charge >= 0.3 is 6.03 Å². The number of hydrogen-bond acceptors (Lipinski definition) is 5. The number of nitrogens with zero attached hydrogens (tertiary/aromatic N) is 4. The molecule has 1 heterocycles. The molecule has 2 rings (SSSR count). The number of hydrogen-bond donors (Lipinski definition) is 2. The summed E-state index contributed by atoms with van der Waals surface area (Å²) in [6, 6.07) is 8.90. The molecular weight excluding hydrogens is 280 g/mol. The summed E-state index contributed by atoms with van der Waals surface area (Å²) in [4.78, 5) is 24.4. The molecule has 0 aliphatic rings. The van der Waals surface area contributed by atoms with E-state index in [9.17, 15) is 4.79 Å². The third kappa shape index (κ3) is 3.85. The van der Waals surface area contributed by atoms with Crippen molar-refractivity contribution >= 4 is 29.2 Å². The number of benzene rings is 1. The number of aromatic nitrogens is 2. The van der Waals surface area contributed by atoms with Crippen molar-refractivity contribution < 1.29 is 4.79 Å². The van der Waals surface area contributed by atoms with Gasteiger partial charge < -0.3 is 20.4 Å². The molecule has 0 fully saturated rings. The number of rotatable bonds is 4. The Balaban J connectivity index is 2.16. The molecule has 116 valence electrons. The van der Waals surface area contributed by atoms with Crippen LogP contribution in [0.15, 0.2) is 36.5 Å². The zero-order valence-electron chi connectivity index (χ0n) is 13.2. The van der Waals surface area contributed by atoms with Crippen molar-refractivity contribution in [2.45, 2.75) is 0 Å². The molecule has 0 saturated heterocycles. The molecule has 0 unspecified atom stereocenters. The molecule has 2 N–H and O–H groups in total. The summed E-state index contributed by atoms with van der Waals surface area (Å²) >= 11 is 0. The van der Waals surface area contributed by atoms with E-state index in [1.54, 1.807) is 11.1 Å². The van der Waals surface area contributed by atoms with Crippen molar-refractivity contribution in [3.63, 3.8) is 0 Å². The summed E-state index contributed by atoms with van der Waals surface area (Å²) in [6.45, 7) is 0. The number of nitrogens with one attached hydrogen (secondary N) is 2. The van der Waals surface area contributed by atoms with E-state index in [-0.39, 0.29) is 6.03 Å². The van der Waals surface area contributed by atoms with E-state index >= 15 is 0 Å². The molecule has 0 bridgehead atoms. The first-order valence-corrected chi connectivity index (χ1v) is 6.82. The SMILES string of the molecule is CN(C)c1ncc(NC(=O)Nc2ccccc2)c(N(C)C)n1. The lowest BCUT2D eigenvalue weighted by atomic mass is 10.3. The van der Waals surface area contributed by atoms with Gasteiger partial charge in [0.15, 0.2) is 5.82 Å². The van der Waals surface area contributed by atoms with Gasteiger partial charge in [0.2, 0.25) is 5.95 Å². The van der Waals surface area contributed by atoms with E-state index in [1.807, 2.05) is 63.4 Å². The van der Waals surface area contributed by atoms with Gasteiger partial charge in [-0.05, 0) is 12.1 Å². The number of anilines is 4. The molecule has 0 saturated carbocycles. The first kappa shape index (κ1) is 15.6. The number of carbonyl (C=O) groups excluding carboxylic acids is 1. The van der Waals surface area contributed by atoms with Gasteiger partial charge in [-0.2, -0.15) is 4.98 Å². The van der Waals surface area contributed by atoms with Crippen molar-refractivity contribution in [2.24, 2.45) is 0 Å². The molecule has 0 atom stereocenters. The zero-order valence-corrected chi connectivity index (χ0v) is 13.2. The molecular formula is C15H20N6O. The first-order valence-electron chi connectivity index (χ1n) is 6.82. The van der Waals surface area contributed by atoms with Crippen LogP contribution < -0.4 is 20.4 Å². The minimum absolute atomic E-state index is 0.337. The van der Waals surface area contributed by atoms with E-state index in [1.165, 1.54) is 0 Å². The maximum absolute atomic E-state index is 12.1. The van der Waals surface area contributed by atoms with Crippen LogP contribution in [-0.4, -0.2) is 44.2 Å². The zero-order chi connectivity index (χ0) is 16.1. The highest BCUT2D eigenvalue weighted by Crippen LogP contribution is 2.23.